The molecule has 0 aromatic heterocycles. The van der Waals surface area contributed by atoms with Crippen LogP contribution in [0.25, 0.3) is 0 Å². The Balaban J connectivity index is 1.99. The SMILES string of the molecule is Cc1ccc2c(c1)CCCN2C(CN)c1cccc(F)c1. The lowest BCUT2D eigenvalue weighted by atomic mass is 9.95. The van der Waals surface area contributed by atoms with E-state index in [0.717, 1.165) is 24.9 Å². The molecule has 0 saturated heterocycles. The minimum Gasteiger partial charge on any atom is -0.363 e. The number of nitrogens with zero attached hydrogens (tertiary/aromatic N) is 1. The highest BCUT2D eigenvalue weighted by atomic mass is 19.1. The number of rotatable bonds is 3. The average molecular weight is 284 g/mol. The predicted octanol–water partition coefficient (Wildman–Crippen LogP) is 3.59. The molecule has 1 heterocycles. The predicted molar refractivity (Wildman–Crippen MR) is 85.0 cm³/mol. The number of halogens is 1. The maximum absolute atomic E-state index is 13.5. The molecule has 0 amide bonds. The summed E-state index contributed by atoms with van der Waals surface area (Å²) < 4.78 is 13.5. The van der Waals surface area contributed by atoms with E-state index in [1.54, 1.807) is 12.1 Å². The van der Waals surface area contributed by atoms with Crippen LogP contribution in [0.4, 0.5) is 10.1 Å². The van der Waals surface area contributed by atoms with Crippen molar-refractivity contribution in [2.45, 2.75) is 25.8 Å². The Kier molecular flexibility index (Phi) is 3.93. The Bertz CT molecular complexity index is 639. The van der Waals surface area contributed by atoms with Crippen LogP contribution in [0, 0.1) is 12.7 Å². The fraction of sp³-hybridized carbons (Fsp3) is 0.333. The van der Waals surface area contributed by atoms with Crippen molar-refractivity contribution < 1.29 is 4.39 Å². The second-order valence-corrected chi connectivity index (χ2v) is 5.74. The van der Waals surface area contributed by atoms with Crippen LogP contribution in [0.3, 0.4) is 0 Å². The Morgan fingerprint density at radius 1 is 1.24 bits per heavy atom. The molecule has 1 unspecified atom stereocenters. The zero-order valence-electron chi connectivity index (χ0n) is 12.3. The van der Waals surface area contributed by atoms with Crippen molar-refractivity contribution in [2.24, 2.45) is 5.73 Å². The third-order valence-corrected chi connectivity index (χ3v) is 4.22. The van der Waals surface area contributed by atoms with Crippen molar-refractivity contribution in [3.63, 3.8) is 0 Å². The molecule has 0 saturated carbocycles. The Morgan fingerprint density at radius 3 is 2.86 bits per heavy atom. The molecule has 110 valence electrons. The average Bonchev–Trinajstić information content (AvgIpc) is 2.48. The van der Waals surface area contributed by atoms with Crippen LogP contribution in [0.1, 0.15) is 29.2 Å². The van der Waals surface area contributed by atoms with Gasteiger partial charge < -0.3 is 10.6 Å². The smallest absolute Gasteiger partial charge is 0.123 e. The molecule has 2 aromatic carbocycles. The number of hydrogen-bond donors (Lipinski definition) is 1. The molecule has 1 atom stereocenters. The second kappa shape index (κ2) is 5.86. The summed E-state index contributed by atoms with van der Waals surface area (Å²) in [6.45, 7) is 3.57. The van der Waals surface area contributed by atoms with Gasteiger partial charge in [-0.1, -0.05) is 29.8 Å². The van der Waals surface area contributed by atoms with Gasteiger partial charge in [-0.05, 0) is 49.1 Å². The van der Waals surface area contributed by atoms with Crippen molar-refractivity contribution in [3.8, 4) is 0 Å². The monoisotopic (exact) mass is 284 g/mol. The Labute approximate surface area is 125 Å². The summed E-state index contributed by atoms with van der Waals surface area (Å²) in [6, 6.07) is 13.4. The molecule has 1 aliphatic rings. The third-order valence-electron chi connectivity index (χ3n) is 4.22. The first-order valence-corrected chi connectivity index (χ1v) is 7.51. The van der Waals surface area contributed by atoms with Crippen LogP contribution in [0.2, 0.25) is 0 Å². The zero-order chi connectivity index (χ0) is 14.8. The van der Waals surface area contributed by atoms with Gasteiger partial charge in [-0.2, -0.15) is 0 Å². The fourth-order valence-corrected chi connectivity index (χ4v) is 3.24. The van der Waals surface area contributed by atoms with Crippen molar-refractivity contribution >= 4 is 5.69 Å². The highest BCUT2D eigenvalue weighted by Crippen LogP contribution is 2.34. The first-order chi connectivity index (χ1) is 10.2. The number of anilines is 1. The van der Waals surface area contributed by atoms with Gasteiger partial charge in [0.1, 0.15) is 5.82 Å². The summed E-state index contributed by atoms with van der Waals surface area (Å²) in [5.74, 6) is -0.202. The number of aryl methyl sites for hydroxylation is 2. The summed E-state index contributed by atoms with van der Waals surface area (Å²) in [7, 11) is 0. The van der Waals surface area contributed by atoms with Gasteiger partial charge in [0.25, 0.3) is 0 Å². The number of hydrogen-bond acceptors (Lipinski definition) is 2. The third kappa shape index (κ3) is 2.79. The van der Waals surface area contributed by atoms with E-state index in [0.29, 0.717) is 6.54 Å². The van der Waals surface area contributed by atoms with Gasteiger partial charge in [-0.15, -0.1) is 0 Å². The maximum atomic E-state index is 13.5. The molecular weight excluding hydrogens is 263 g/mol. The van der Waals surface area contributed by atoms with E-state index in [1.165, 1.54) is 22.9 Å². The van der Waals surface area contributed by atoms with E-state index in [4.69, 9.17) is 5.73 Å². The van der Waals surface area contributed by atoms with E-state index >= 15 is 0 Å². The van der Waals surface area contributed by atoms with Crippen LogP contribution in [0.5, 0.6) is 0 Å². The molecule has 0 bridgehead atoms. The lowest BCUT2D eigenvalue weighted by molar-refractivity contribution is 0.577. The number of fused-ring (bicyclic) bond motifs is 1. The quantitative estimate of drug-likeness (QED) is 0.933. The second-order valence-electron chi connectivity index (χ2n) is 5.74. The largest absolute Gasteiger partial charge is 0.363 e. The van der Waals surface area contributed by atoms with Gasteiger partial charge in [-0.25, -0.2) is 4.39 Å². The minimum absolute atomic E-state index is 0.0301. The van der Waals surface area contributed by atoms with Crippen LogP contribution in [0.15, 0.2) is 42.5 Å². The normalized spacial score (nSPS) is 15.7. The topological polar surface area (TPSA) is 29.3 Å². The molecule has 2 aromatic rings. The lowest BCUT2D eigenvalue weighted by Gasteiger charge is -2.38. The van der Waals surface area contributed by atoms with Crippen molar-refractivity contribution in [3.05, 3.63) is 65.0 Å². The minimum atomic E-state index is -0.202. The van der Waals surface area contributed by atoms with Gasteiger partial charge in [0, 0.05) is 18.8 Å². The van der Waals surface area contributed by atoms with E-state index < -0.39 is 0 Å². The van der Waals surface area contributed by atoms with E-state index in [2.05, 4.69) is 30.0 Å². The summed E-state index contributed by atoms with van der Waals surface area (Å²) in [5.41, 5.74) is 10.9. The summed E-state index contributed by atoms with van der Waals surface area (Å²) >= 11 is 0. The van der Waals surface area contributed by atoms with Crippen LogP contribution in [-0.4, -0.2) is 13.1 Å². The Morgan fingerprint density at radius 2 is 2.10 bits per heavy atom. The molecule has 3 heteroatoms. The molecular formula is C18H21FN2. The summed E-state index contributed by atoms with van der Waals surface area (Å²) in [5, 5.41) is 0. The molecule has 2 N–H and O–H groups in total. The highest BCUT2D eigenvalue weighted by molar-refractivity contribution is 5.58. The van der Waals surface area contributed by atoms with Crippen LogP contribution < -0.4 is 10.6 Å². The zero-order valence-corrected chi connectivity index (χ0v) is 12.3. The molecule has 3 rings (SSSR count). The number of nitrogens with two attached hydrogens (primary N) is 1. The van der Waals surface area contributed by atoms with Crippen LogP contribution >= 0.6 is 0 Å². The molecule has 0 radical (unpaired) electrons. The molecule has 0 fully saturated rings. The first kappa shape index (κ1) is 14.1. The number of benzene rings is 2. The molecule has 21 heavy (non-hydrogen) atoms. The maximum Gasteiger partial charge on any atom is 0.123 e. The van der Waals surface area contributed by atoms with Crippen molar-refractivity contribution in [2.75, 3.05) is 18.0 Å². The van der Waals surface area contributed by atoms with Gasteiger partial charge in [0.05, 0.1) is 6.04 Å². The first-order valence-electron chi connectivity index (χ1n) is 7.51. The van der Waals surface area contributed by atoms with Gasteiger partial charge >= 0.3 is 0 Å². The van der Waals surface area contributed by atoms with Crippen molar-refractivity contribution in [1.82, 2.24) is 0 Å². The summed E-state index contributed by atoms with van der Waals surface area (Å²) in [6.07, 6.45) is 2.22. The molecule has 2 nitrogen and oxygen atoms in total. The lowest BCUT2D eigenvalue weighted by Crippen LogP contribution is -2.37. The van der Waals surface area contributed by atoms with E-state index in [9.17, 15) is 4.39 Å². The van der Waals surface area contributed by atoms with Gasteiger partial charge in [0.2, 0.25) is 0 Å². The van der Waals surface area contributed by atoms with Gasteiger partial charge in [0.15, 0.2) is 0 Å². The molecule has 0 aliphatic carbocycles. The Hall–Kier alpha value is -1.87. The van der Waals surface area contributed by atoms with E-state index in [1.807, 2.05) is 6.07 Å². The molecule has 0 spiro atoms. The fourth-order valence-electron chi connectivity index (χ4n) is 3.24. The molecule has 1 aliphatic heterocycles. The summed E-state index contributed by atoms with van der Waals surface area (Å²) in [4.78, 5) is 2.33. The van der Waals surface area contributed by atoms with Gasteiger partial charge in [-0.3, -0.25) is 0 Å². The van der Waals surface area contributed by atoms with Crippen LogP contribution in [-0.2, 0) is 6.42 Å². The highest BCUT2D eigenvalue weighted by Gasteiger charge is 2.24. The van der Waals surface area contributed by atoms with Crippen molar-refractivity contribution in [1.29, 1.82) is 0 Å². The van der Waals surface area contributed by atoms with E-state index in [-0.39, 0.29) is 11.9 Å². The standard InChI is InChI=1S/C18H21FN2/c1-13-7-8-17-14(10-13)5-3-9-21(17)18(12-20)15-4-2-6-16(19)11-15/h2,4,6-8,10-11,18H,3,5,9,12,20H2,1H3.